The first-order valence-electron chi connectivity index (χ1n) is 6.14. The fourth-order valence-electron chi connectivity index (χ4n) is 2.20. The largest absolute Gasteiger partial charge is 0.504 e. The number of phenols is 2. The third kappa shape index (κ3) is 2.92. The van der Waals surface area contributed by atoms with E-state index in [4.69, 9.17) is 5.73 Å². The van der Waals surface area contributed by atoms with Crippen LogP contribution in [0.1, 0.15) is 36.0 Å². The Balaban J connectivity index is 1.97. The van der Waals surface area contributed by atoms with E-state index in [1.165, 1.54) is 18.2 Å². The van der Waals surface area contributed by atoms with Crippen molar-refractivity contribution in [3.63, 3.8) is 0 Å². The average Bonchev–Trinajstić information content (AvgIpc) is 2.35. The van der Waals surface area contributed by atoms with Crippen molar-refractivity contribution in [2.24, 2.45) is 5.73 Å². The molecule has 0 unspecified atom stereocenters. The number of hydrogen-bond donors (Lipinski definition) is 4. The molecule has 0 aromatic heterocycles. The molecule has 1 amide bonds. The van der Waals surface area contributed by atoms with Crippen LogP contribution in [0.15, 0.2) is 18.2 Å². The van der Waals surface area contributed by atoms with Gasteiger partial charge in [0, 0.05) is 17.6 Å². The number of amides is 1. The van der Waals surface area contributed by atoms with Gasteiger partial charge in [-0.15, -0.1) is 0 Å². The Morgan fingerprint density at radius 3 is 2.44 bits per heavy atom. The van der Waals surface area contributed by atoms with E-state index in [0.29, 0.717) is 5.56 Å². The van der Waals surface area contributed by atoms with Gasteiger partial charge in [0.2, 0.25) is 0 Å². The van der Waals surface area contributed by atoms with Crippen LogP contribution in [0.2, 0.25) is 0 Å². The lowest BCUT2D eigenvalue weighted by molar-refractivity contribution is 0.0925. The Kier molecular flexibility index (Phi) is 3.72. The van der Waals surface area contributed by atoms with E-state index in [9.17, 15) is 15.0 Å². The molecule has 1 aliphatic carbocycles. The number of carbonyl (C=O) groups excluding carboxylic acids is 1. The molecule has 0 atom stereocenters. The number of benzene rings is 1. The van der Waals surface area contributed by atoms with Crippen molar-refractivity contribution >= 4 is 5.91 Å². The van der Waals surface area contributed by atoms with E-state index in [2.05, 4.69) is 5.32 Å². The Hall–Kier alpha value is -1.75. The zero-order valence-electron chi connectivity index (χ0n) is 10.1. The molecule has 1 fully saturated rings. The summed E-state index contributed by atoms with van der Waals surface area (Å²) in [5.41, 5.74) is 6.15. The van der Waals surface area contributed by atoms with Gasteiger partial charge in [0.15, 0.2) is 11.5 Å². The minimum Gasteiger partial charge on any atom is -0.504 e. The molecular weight excluding hydrogens is 232 g/mol. The van der Waals surface area contributed by atoms with Crippen LogP contribution in [0.5, 0.6) is 11.5 Å². The number of nitrogens with one attached hydrogen (secondary N) is 1. The first kappa shape index (κ1) is 12.7. The van der Waals surface area contributed by atoms with Gasteiger partial charge in [-0.2, -0.15) is 0 Å². The standard InChI is InChI=1S/C13H18N2O3/c14-9-2-4-10(5-3-9)15-13(18)8-1-6-11(16)12(17)7-8/h1,6-7,9-10,16-17H,2-5,14H2,(H,15,18). The third-order valence-corrected chi connectivity index (χ3v) is 3.34. The second-order valence-corrected chi connectivity index (χ2v) is 4.79. The molecule has 0 saturated heterocycles. The van der Waals surface area contributed by atoms with Crippen molar-refractivity contribution in [1.29, 1.82) is 0 Å². The Bertz CT molecular complexity index is 440. The van der Waals surface area contributed by atoms with Gasteiger partial charge in [0.25, 0.3) is 5.91 Å². The molecule has 2 rings (SSSR count). The fourth-order valence-corrected chi connectivity index (χ4v) is 2.20. The summed E-state index contributed by atoms with van der Waals surface area (Å²) in [4.78, 5) is 11.9. The van der Waals surface area contributed by atoms with Crippen molar-refractivity contribution in [1.82, 2.24) is 5.32 Å². The maximum atomic E-state index is 11.9. The molecule has 1 aromatic rings. The van der Waals surface area contributed by atoms with E-state index in [-0.39, 0.29) is 29.5 Å². The Morgan fingerprint density at radius 2 is 1.83 bits per heavy atom. The topological polar surface area (TPSA) is 95.6 Å². The smallest absolute Gasteiger partial charge is 0.251 e. The Morgan fingerprint density at radius 1 is 1.17 bits per heavy atom. The van der Waals surface area contributed by atoms with Crippen LogP contribution in [-0.4, -0.2) is 28.2 Å². The number of aromatic hydroxyl groups is 2. The van der Waals surface area contributed by atoms with E-state index in [1.807, 2.05) is 0 Å². The lowest BCUT2D eigenvalue weighted by atomic mass is 9.91. The highest BCUT2D eigenvalue weighted by atomic mass is 16.3. The highest BCUT2D eigenvalue weighted by molar-refractivity contribution is 5.95. The molecule has 1 aliphatic rings. The number of phenolic OH excluding ortho intramolecular Hbond substituents is 2. The van der Waals surface area contributed by atoms with Crippen LogP contribution in [0, 0.1) is 0 Å². The maximum absolute atomic E-state index is 11.9. The molecule has 98 valence electrons. The molecule has 0 spiro atoms. The predicted molar refractivity (Wildman–Crippen MR) is 67.5 cm³/mol. The molecule has 0 radical (unpaired) electrons. The predicted octanol–water partition coefficient (Wildman–Crippen LogP) is 1.10. The summed E-state index contributed by atoms with van der Waals surface area (Å²) < 4.78 is 0. The fraction of sp³-hybridized carbons (Fsp3) is 0.462. The summed E-state index contributed by atoms with van der Waals surface area (Å²) in [6, 6.07) is 4.45. The zero-order chi connectivity index (χ0) is 13.1. The number of carbonyl (C=O) groups is 1. The van der Waals surface area contributed by atoms with Crippen LogP contribution < -0.4 is 11.1 Å². The minimum absolute atomic E-state index is 0.147. The monoisotopic (exact) mass is 250 g/mol. The van der Waals surface area contributed by atoms with Crippen LogP contribution in [0.25, 0.3) is 0 Å². The molecule has 5 nitrogen and oxygen atoms in total. The highest BCUT2D eigenvalue weighted by Crippen LogP contribution is 2.25. The molecule has 0 heterocycles. The van der Waals surface area contributed by atoms with Gasteiger partial charge in [0.1, 0.15) is 0 Å². The summed E-state index contributed by atoms with van der Waals surface area (Å²) in [6.45, 7) is 0. The minimum atomic E-state index is -0.284. The highest BCUT2D eigenvalue weighted by Gasteiger charge is 2.20. The maximum Gasteiger partial charge on any atom is 0.251 e. The van der Waals surface area contributed by atoms with Crippen LogP contribution in [-0.2, 0) is 0 Å². The van der Waals surface area contributed by atoms with E-state index in [1.54, 1.807) is 0 Å². The lowest BCUT2D eigenvalue weighted by Gasteiger charge is -2.26. The number of rotatable bonds is 2. The first-order chi connectivity index (χ1) is 8.56. The second-order valence-electron chi connectivity index (χ2n) is 4.79. The first-order valence-corrected chi connectivity index (χ1v) is 6.14. The van der Waals surface area contributed by atoms with Gasteiger partial charge in [-0.25, -0.2) is 0 Å². The summed E-state index contributed by atoms with van der Waals surface area (Å²) in [5, 5.41) is 21.4. The van der Waals surface area contributed by atoms with Gasteiger partial charge in [-0.1, -0.05) is 0 Å². The normalized spacial score (nSPS) is 23.6. The summed E-state index contributed by atoms with van der Waals surface area (Å²) in [5.74, 6) is -0.741. The van der Waals surface area contributed by atoms with Crippen LogP contribution in [0.4, 0.5) is 0 Å². The van der Waals surface area contributed by atoms with Crippen molar-refractivity contribution in [3.05, 3.63) is 23.8 Å². The molecule has 5 N–H and O–H groups in total. The van der Waals surface area contributed by atoms with Gasteiger partial charge >= 0.3 is 0 Å². The van der Waals surface area contributed by atoms with Crippen molar-refractivity contribution in [2.75, 3.05) is 0 Å². The Labute approximate surface area is 106 Å². The summed E-state index contributed by atoms with van der Waals surface area (Å²) in [7, 11) is 0. The zero-order valence-corrected chi connectivity index (χ0v) is 10.1. The molecular formula is C13H18N2O3. The van der Waals surface area contributed by atoms with E-state index >= 15 is 0 Å². The van der Waals surface area contributed by atoms with E-state index < -0.39 is 0 Å². The molecule has 0 aliphatic heterocycles. The van der Waals surface area contributed by atoms with Crippen molar-refractivity contribution in [3.8, 4) is 11.5 Å². The van der Waals surface area contributed by atoms with Gasteiger partial charge < -0.3 is 21.3 Å². The van der Waals surface area contributed by atoms with Gasteiger partial charge in [-0.05, 0) is 43.9 Å². The molecule has 5 heteroatoms. The molecule has 18 heavy (non-hydrogen) atoms. The van der Waals surface area contributed by atoms with Gasteiger partial charge in [0.05, 0.1) is 0 Å². The van der Waals surface area contributed by atoms with Gasteiger partial charge in [-0.3, -0.25) is 4.79 Å². The summed E-state index contributed by atoms with van der Waals surface area (Å²) >= 11 is 0. The van der Waals surface area contributed by atoms with Crippen LogP contribution in [0.3, 0.4) is 0 Å². The van der Waals surface area contributed by atoms with Crippen LogP contribution >= 0.6 is 0 Å². The summed E-state index contributed by atoms with van der Waals surface area (Å²) in [6.07, 6.45) is 3.62. The number of nitrogens with two attached hydrogens (primary N) is 1. The third-order valence-electron chi connectivity index (χ3n) is 3.34. The molecule has 0 bridgehead atoms. The quantitative estimate of drug-likeness (QED) is 0.591. The van der Waals surface area contributed by atoms with E-state index in [0.717, 1.165) is 25.7 Å². The molecule has 1 aromatic carbocycles. The second kappa shape index (κ2) is 5.27. The molecule has 1 saturated carbocycles. The number of hydrogen-bond acceptors (Lipinski definition) is 4. The average molecular weight is 250 g/mol. The van der Waals surface area contributed by atoms with Crippen molar-refractivity contribution in [2.45, 2.75) is 37.8 Å². The lowest BCUT2D eigenvalue weighted by Crippen LogP contribution is -2.40. The van der Waals surface area contributed by atoms with Crippen molar-refractivity contribution < 1.29 is 15.0 Å². The SMILES string of the molecule is NC1CCC(NC(=O)c2ccc(O)c(O)c2)CC1.